The first kappa shape index (κ1) is 24.2. The van der Waals surface area contributed by atoms with E-state index >= 15 is 0 Å². The average Bonchev–Trinajstić information content (AvgIpc) is 3.20. The summed E-state index contributed by atoms with van der Waals surface area (Å²) in [5, 5.41) is 28.4. The van der Waals surface area contributed by atoms with E-state index in [9.17, 15) is 20.2 Å². The summed E-state index contributed by atoms with van der Waals surface area (Å²) < 4.78 is 5.38. The molecule has 0 amide bonds. The molecule has 3 aromatic carbocycles. The molecule has 0 bridgehead atoms. The summed E-state index contributed by atoms with van der Waals surface area (Å²) in [5.74, 6) is -1.71. The zero-order chi connectivity index (χ0) is 25.2. The number of esters is 1. The Kier molecular flexibility index (Phi) is 6.74. The van der Waals surface area contributed by atoms with Crippen molar-refractivity contribution in [3.8, 4) is 6.07 Å². The maximum absolute atomic E-state index is 13.5. The van der Waals surface area contributed by atoms with Crippen molar-refractivity contribution < 1.29 is 14.5 Å². The number of nitro benzene ring substituents is 1. The zero-order valence-electron chi connectivity index (χ0n) is 18.4. The molecule has 0 saturated carbocycles. The summed E-state index contributed by atoms with van der Waals surface area (Å²) >= 11 is 12.6. The third-order valence-corrected chi connectivity index (χ3v) is 6.18. The van der Waals surface area contributed by atoms with Crippen LogP contribution in [0.5, 0.6) is 0 Å². The van der Waals surface area contributed by atoms with Gasteiger partial charge in [0.15, 0.2) is 0 Å². The molecule has 0 saturated heterocycles. The first-order chi connectivity index (χ1) is 16.8. The lowest BCUT2D eigenvalue weighted by atomic mass is 9.75. The number of rotatable bonds is 6. The topological polar surface area (TPSA) is 109 Å². The van der Waals surface area contributed by atoms with Crippen molar-refractivity contribution in [2.75, 3.05) is 11.6 Å². The van der Waals surface area contributed by atoms with Gasteiger partial charge in [0.05, 0.1) is 33.9 Å². The van der Waals surface area contributed by atoms with Crippen molar-refractivity contribution >= 4 is 46.3 Å². The van der Waals surface area contributed by atoms with Crippen molar-refractivity contribution in [1.82, 2.24) is 0 Å². The highest BCUT2D eigenvalue weighted by molar-refractivity contribution is 6.37. The Morgan fingerprint density at radius 3 is 2.43 bits per heavy atom. The van der Waals surface area contributed by atoms with Crippen molar-refractivity contribution in [2.45, 2.75) is 18.4 Å². The molecule has 0 spiro atoms. The normalized spacial score (nSPS) is 19.1. The fourth-order valence-electron chi connectivity index (χ4n) is 4.10. The average molecular weight is 509 g/mol. The van der Waals surface area contributed by atoms with E-state index in [1.807, 2.05) is 6.07 Å². The van der Waals surface area contributed by atoms with Gasteiger partial charge in [0.25, 0.3) is 11.2 Å². The number of benzene rings is 3. The number of nitrogens with zero attached hydrogens (tertiary/aromatic N) is 4. The molecule has 1 aliphatic heterocycles. The van der Waals surface area contributed by atoms with Crippen LogP contribution in [0.15, 0.2) is 77.9 Å². The second kappa shape index (κ2) is 9.74. The molecule has 0 N–H and O–H groups in total. The lowest BCUT2D eigenvalue weighted by Gasteiger charge is -2.34. The largest absolute Gasteiger partial charge is 0.463 e. The van der Waals surface area contributed by atoms with Gasteiger partial charge in [-0.25, -0.2) is 9.80 Å². The van der Waals surface area contributed by atoms with E-state index in [0.29, 0.717) is 32.6 Å². The maximum atomic E-state index is 13.5. The number of hydrazone groups is 1. The fourth-order valence-corrected chi connectivity index (χ4v) is 4.60. The minimum absolute atomic E-state index is 0.0366. The number of anilines is 1. The van der Waals surface area contributed by atoms with E-state index in [1.54, 1.807) is 49.4 Å². The highest BCUT2D eigenvalue weighted by Gasteiger charge is 2.60. The van der Waals surface area contributed by atoms with Gasteiger partial charge in [-0.3, -0.25) is 10.1 Å². The van der Waals surface area contributed by atoms with Crippen molar-refractivity contribution in [2.24, 2.45) is 5.10 Å². The molecule has 0 fully saturated rings. The molecule has 0 aliphatic carbocycles. The summed E-state index contributed by atoms with van der Waals surface area (Å²) in [5.41, 5.74) is -0.325. The molecular formula is C25H18Cl2N4O4. The second-order valence-electron chi connectivity index (χ2n) is 7.64. The number of nitro groups is 1. The van der Waals surface area contributed by atoms with E-state index in [-0.39, 0.29) is 12.3 Å². The number of halogens is 2. The molecular weight excluding hydrogens is 491 g/mol. The van der Waals surface area contributed by atoms with Crippen molar-refractivity contribution in [3.05, 3.63) is 104 Å². The number of nitriles is 1. The Bertz CT molecular complexity index is 1360. The van der Waals surface area contributed by atoms with Crippen molar-refractivity contribution in [1.29, 1.82) is 5.26 Å². The van der Waals surface area contributed by atoms with E-state index in [1.165, 1.54) is 29.3 Å². The monoisotopic (exact) mass is 508 g/mol. The van der Waals surface area contributed by atoms with E-state index in [2.05, 4.69) is 6.07 Å². The Balaban J connectivity index is 2.01. The number of hydrogen-bond acceptors (Lipinski definition) is 7. The lowest BCUT2D eigenvalue weighted by molar-refractivity contribution is -0.384. The minimum atomic E-state index is -1.95. The summed E-state index contributed by atoms with van der Waals surface area (Å²) in [6.45, 7) is 1.68. The van der Waals surface area contributed by atoms with Gasteiger partial charge < -0.3 is 4.74 Å². The molecule has 4 rings (SSSR count). The second-order valence-corrected chi connectivity index (χ2v) is 8.48. The van der Waals surface area contributed by atoms with Gasteiger partial charge in [-0.1, -0.05) is 59.6 Å². The first-order valence-electron chi connectivity index (χ1n) is 10.6. The molecule has 3 aromatic rings. The Hall–Kier alpha value is -3.93. The van der Waals surface area contributed by atoms with Crippen LogP contribution in [0.25, 0.3) is 0 Å². The first-order valence-corrected chi connectivity index (χ1v) is 11.3. The fraction of sp³-hybridized carbons (Fsp3) is 0.160. The number of ether oxygens (including phenoxy) is 1. The van der Waals surface area contributed by atoms with Crippen LogP contribution >= 0.6 is 23.2 Å². The van der Waals surface area contributed by atoms with Crippen LogP contribution in [0.2, 0.25) is 10.0 Å². The van der Waals surface area contributed by atoms with Crippen LogP contribution in [-0.4, -0.2) is 28.8 Å². The summed E-state index contributed by atoms with van der Waals surface area (Å²) in [6, 6.07) is 21.4. The number of hydrogen-bond donors (Lipinski definition) is 0. The Morgan fingerprint density at radius 2 is 1.86 bits per heavy atom. The van der Waals surface area contributed by atoms with Crippen LogP contribution in [0.3, 0.4) is 0 Å². The van der Waals surface area contributed by atoms with E-state index in [4.69, 9.17) is 33.0 Å². The quantitative estimate of drug-likeness (QED) is 0.238. The zero-order valence-corrected chi connectivity index (χ0v) is 19.9. The summed E-state index contributed by atoms with van der Waals surface area (Å²) in [4.78, 5) is 24.2. The molecule has 0 aromatic heterocycles. The van der Waals surface area contributed by atoms with Crippen LogP contribution in [-0.2, 0) is 9.53 Å². The molecule has 176 valence electrons. The van der Waals surface area contributed by atoms with Crippen LogP contribution in [0.4, 0.5) is 11.4 Å². The standard InChI is InChI=1S/C25H18Cl2N4O4/c1-2-35-24(32)25(15-28)22(16-6-4-3-5-7-16)23(20-13-8-17(26)14-21(20)27)29-30(25)18-9-11-19(12-10-18)31(33)34/h3-14,22H,2H2,1H3/t22-,25+/m1/s1. The molecule has 8 nitrogen and oxygen atoms in total. The number of non-ortho nitro benzene ring substituents is 1. The third kappa shape index (κ3) is 4.20. The summed E-state index contributed by atoms with van der Waals surface area (Å²) in [7, 11) is 0. The highest BCUT2D eigenvalue weighted by Crippen LogP contribution is 2.46. The van der Waals surface area contributed by atoms with Crippen LogP contribution < -0.4 is 5.01 Å². The predicted molar refractivity (Wildman–Crippen MR) is 133 cm³/mol. The maximum Gasteiger partial charge on any atom is 0.350 e. The molecule has 1 aliphatic rings. The van der Waals surface area contributed by atoms with Crippen LogP contribution in [0.1, 0.15) is 24.0 Å². The third-order valence-electron chi connectivity index (χ3n) is 5.64. The summed E-state index contributed by atoms with van der Waals surface area (Å²) in [6.07, 6.45) is 0. The van der Waals surface area contributed by atoms with Gasteiger partial charge in [-0.15, -0.1) is 0 Å². The predicted octanol–water partition coefficient (Wildman–Crippen LogP) is 5.74. The number of carbonyl (C=O) groups excluding carboxylic acids is 1. The van der Waals surface area contributed by atoms with Gasteiger partial charge in [0, 0.05) is 22.7 Å². The Morgan fingerprint density at radius 1 is 1.17 bits per heavy atom. The number of carbonyl (C=O) groups is 1. The smallest absolute Gasteiger partial charge is 0.350 e. The van der Waals surface area contributed by atoms with Gasteiger partial charge >= 0.3 is 5.97 Å². The Labute approximate surface area is 211 Å². The SMILES string of the molecule is CCOC(=O)[C@]1(C#N)[C@H](c2ccccc2)C(c2ccc(Cl)cc2Cl)=NN1c1ccc([N+](=O)[O-])cc1. The van der Waals surface area contributed by atoms with E-state index < -0.39 is 22.3 Å². The van der Waals surface area contributed by atoms with Gasteiger partial charge in [-0.05, 0) is 36.8 Å². The van der Waals surface area contributed by atoms with E-state index in [0.717, 1.165) is 0 Å². The van der Waals surface area contributed by atoms with Crippen LogP contribution in [0, 0.1) is 21.4 Å². The molecule has 35 heavy (non-hydrogen) atoms. The molecule has 0 unspecified atom stereocenters. The highest BCUT2D eigenvalue weighted by atomic mass is 35.5. The molecule has 1 heterocycles. The van der Waals surface area contributed by atoms with Gasteiger partial charge in [-0.2, -0.15) is 10.4 Å². The molecule has 10 heteroatoms. The van der Waals surface area contributed by atoms with Crippen molar-refractivity contribution in [3.63, 3.8) is 0 Å². The molecule has 2 atom stereocenters. The lowest BCUT2D eigenvalue weighted by Crippen LogP contribution is -2.54. The van der Waals surface area contributed by atoms with Gasteiger partial charge in [0.1, 0.15) is 6.07 Å². The van der Waals surface area contributed by atoms with Gasteiger partial charge in [0.2, 0.25) is 0 Å². The molecule has 0 radical (unpaired) electrons. The minimum Gasteiger partial charge on any atom is -0.463 e.